The van der Waals surface area contributed by atoms with E-state index in [0.29, 0.717) is 6.42 Å². The highest BCUT2D eigenvalue weighted by Gasteiger charge is 2.27. The number of hydrogen-bond acceptors (Lipinski definition) is 2. The van der Waals surface area contributed by atoms with Gasteiger partial charge in [0.1, 0.15) is 6.61 Å². The molecule has 2 nitrogen and oxygen atoms in total. The second-order valence-electron chi connectivity index (χ2n) is 4.71. The van der Waals surface area contributed by atoms with Crippen LogP contribution in [0.25, 0.3) is 0 Å². The van der Waals surface area contributed by atoms with E-state index in [0.717, 1.165) is 19.0 Å². The highest BCUT2D eigenvalue weighted by atomic mass is 19.4. The topological polar surface area (TPSA) is 21.3 Å². The number of halogens is 3. The van der Waals surface area contributed by atoms with Crippen molar-refractivity contribution >= 4 is 0 Å². The van der Waals surface area contributed by atoms with Gasteiger partial charge in [0.2, 0.25) is 0 Å². The molecule has 0 saturated heterocycles. The molecule has 0 radical (unpaired) electrons. The lowest BCUT2D eigenvalue weighted by Crippen LogP contribution is -2.22. The van der Waals surface area contributed by atoms with Crippen molar-refractivity contribution < 1.29 is 17.9 Å². The molecule has 5 heteroatoms. The fourth-order valence-corrected chi connectivity index (χ4v) is 2.22. The van der Waals surface area contributed by atoms with Crippen molar-refractivity contribution in [3.8, 4) is 0 Å². The highest BCUT2D eigenvalue weighted by molar-refractivity contribution is 4.68. The summed E-state index contributed by atoms with van der Waals surface area (Å²) in [6.07, 6.45) is 3.04. The third-order valence-corrected chi connectivity index (χ3v) is 3.11. The Hall–Kier alpha value is -0.290. The van der Waals surface area contributed by atoms with E-state index in [2.05, 4.69) is 10.1 Å². The molecule has 0 aromatic carbocycles. The maximum atomic E-state index is 11.7. The zero-order valence-electron chi connectivity index (χ0n) is 10.2. The molecule has 1 rings (SSSR count). The van der Waals surface area contributed by atoms with Crippen LogP contribution in [0.1, 0.15) is 38.5 Å². The number of ether oxygens (including phenoxy) is 1. The van der Waals surface area contributed by atoms with E-state index in [9.17, 15) is 13.2 Å². The lowest BCUT2D eigenvalue weighted by Gasteiger charge is -2.10. The number of rotatable bonds is 8. The largest absolute Gasteiger partial charge is 0.411 e. The van der Waals surface area contributed by atoms with Crippen molar-refractivity contribution in [2.24, 2.45) is 5.92 Å². The van der Waals surface area contributed by atoms with E-state index in [1.54, 1.807) is 0 Å². The van der Waals surface area contributed by atoms with Gasteiger partial charge in [-0.05, 0) is 31.8 Å². The quantitative estimate of drug-likeness (QED) is 0.671. The Morgan fingerprint density at radius 3 is 2.47 bits per heavy atom. The summed E-state index contributed by atoms with van der Waals surface area (Å²) in [6.45, 7) is 0.763. The van der Waals surface area contributed by atoms with Crippen LogP contribution in [0.5, 0.6) is 0 Å². The molecular weight excluding hydrogens is 231 g/mol. The molecule has 1 fully saturated rings. The molecule has 0 amide bonds. The van der Waals surface area contributed by atoms with Crippen LogP contribution < -0.4 is 5.32 Å². The van der Waals surface area contributed by atoms with E-state index in [1.165, 1.54) is 32.1 Å². The van der Waals surface area contributed by atoms with Crippen LogP contribution in [0.4, 0.5) is 13.2 Å². The Labute approximate surface area is 101 Å². The number of alkyl halides is 3. The summed E-state index contributed by atoms with van der Waals surface area (Å²) in [5.41, 5.74) is 0. The van der Waals surface area contributed by atoms with Gasteiger partial charge in [0.15, 0.2) is 0 Å². The summed E-state index contributed by atoms with van der Waals surface area (Å²) in [6, 6.07) is 0. The van der Waals surface area contributed by atoms with Crippen LogP contribution in [0.2, 0.25) is 0 Å². The van der Waals surface area contributed by atoms with Crippen molar-refractivity contribution in [3.63, 3.8) is 0 Å². The van der Waals surface area contributed by atoms with Gasteiger partial charge in [-0.1, -0.05) is 25.7 Å². The third-order valence-electron chi connectivity index (χ3n) is 3.11. The van der Waals surface area contributed by atoms with Crippen molar-refractivity contribution in [2.45, 2.75) is 44.7 Å². The second-order valence-corrected chi connectivity index (χ2v) is 4.71. The van der Waals surface area contributed by atoms with Gasteiger partial charge in [0.25, 0.3) is 0 Å². The monoisotopic (exact) mass is 253 g/mol. The molecule has 0 aliphatic heterocycles. The minimum atomic E-state index is -4.20. The maximum absolute atomic E-state index is 11.7. The SMILES string of the molecule is FC(F)(F)COCCCNCCC1CCCC1. The zero-order chi connectivity index (χ0) is 12.6. The Balaban J connectivity index is 1.78. The number of hydrogen-bond donors (Lipinski definition) is 1. The Bertz CT molecular complexity index is 191. The molecule has 102 valence electrons. The summed E-state index contributed by atoms with van der Waals surface area (Å²) in [4.78, 5) is 0. The van der Waals surface area contributed by atoms with Crippen molar-refractivity contribution in [1.29, 1.82) is 0 Å². The van der Waals surface area contributed by atoms with Crippen molar-refractivity contribution in [1.82, 2.24) is 5.32 Å². The molecule has 0 heterocycles. The minimum absolute atomic E-state index is 0.177. The van der Waals surface area contributed by atoms with Crippen LogP contribution in [-0.2, 0) is 4.74 Å². The van der Waals surface area contributed by atoms with E-state index < -0.39 is 12.8 Å². The van der Waals surface area contributed by atoms with Crippen LogP contribution in [0.15, 0.2) is 0 Å². The van der Waals surface area contributed by atoms with E-state index in [-0.39, 0.29) is 6.61 Å². The van der Waals surface area contributed by atoms with Gasteiger partial charge in [-0.3, -0.25) is 0 Å². The van der Waals surface area contributed by atoms with Crippen LogP contribution in [-0.4, -0.2) is 32.5 Å². The van der Waals surface area contributed by atoms with Gasteiger partial charge < -0.3 is 10.1 Å². The van der Waals surface area contributed by atoms with Gasteiger partial charge in [-0.15, -0.1) is 0 Å². The van der Waals surface area contributed by atoms with Crippen LogP contribution in [0.3, 0.4) is 0 Å². The van der Waals surface area contributed by atoms with Gasteiger partial charge in [-0.25, -0.2) is 0 Å². The Morgan fingerprint density at radius 1 is 1.12 bits per heavy atom. The first-order valence-electron chi connectivity index (χ1n) is 6.43. The smallest absolute Gasteiger partial charge is 0.372 e. The van der Waals surface area contributed by atoms with Gasteiger partial charge in [0, 0.05) is 6.61 Å². The first-order chi connectivity index (χ1) is 8.08. The van der Waals surface area contributed by atoms with E-state index in [4.69, 9.17) is 0 Å². The summed E-state index contributed by atoms with van der Waals surface area (Å²) < 4.78 is 39.7. The minimum Gasteiger partial charge on any atom is -0.372 e. The molecular formula is C12H22F3NO. The summed E-state index contributed by atoms with van der Waals surface area (Å²) in [7, 11) is 0. The fraction of sp³-hybridized carbons (Fsp3) is 1.00. The molecule has 0 spiro atoms. The normalized spacial score (nSPS) is 17.8. The zero-order valence-corrected chi connectivity index (χ0v) is 10.2. The predicted molar refractivity (Wildman–Crippen MR) is 60.9 cm³/mol. The molecule has 0 aromatic rings. The highest BCUT2D eigenvalue weighted by Crippen LogP contribution is 2.26. The standard InChI is InChI=1S/C12H22F3NO/c13-12(14,15)10-17-9-3-7-16-8-6-11-4-1-2-5-11/h11,16H,1-10H2. The Morgan fingerprint density at radius 2 is 1.82 bits per heavy atom. The summed E-state index contributed by atoms with van der Waals surface area (Å²) in [5.74, 6) is 0.865. The number of nitrogens with one attached hydrogen (secondary N) is 1. The van der Waals surface area contributed by atoms with E-state index >= 15 is 0 Å². The van der Waals surface area contributed by atoms with Crippen LogP contribution >= 0.6 is 0 Å². The molecule has 17 heavy (non-hydrogen) atoms. The molecule has 1 aliphatic rings. The summed E-state index contributed by atoms with van der Waals surface area (Å²) >= 11 is 0. The summed E-state index contributed by atoms with van der Waals surface area (Å²) in [5, 5.41) is 3.25. The second kappa shape index (κ2) is 7.93. The van der Waals surface area contributed by atoms with Gasteiger partial charge in [-0.2, -0.15) is 13.2 Å². The molecule has 1 N–H and O–H groups in total. The van der Waals surface area contributed by atoms with Crippen LogP contribution in [0, 0.1) is 5.92 Å². The Kier molecular flexibility index (Phi) is 6.89. The average Bonchev–Trinajstić information content (AvgIpc) is 2.73. The predicted octanol–water partition coefficient (Wildman–Crippen LogP) is 3.13. The average molecular weight is 253 g/mol. The fourth-order valence-electron chi connectivity index (χ4n) is 2.22. The molecule has 0 unspecified atom stereocenters. The first-order valence-corrected chi connectivity index (χ1v) is 6.43. The molecule has 0 aromatic heterocycles. The molecule has 0 atom stereocenters. The lowest BCUT2D eigenvalue weighted by atomic mass is 10.0. The van der Waals surface area contributed by atoms with Crippen molar-refractivity contribution in [3.05, 3.63) is 0 Å². The van der Waals surface area contributed by atoms with Crippen molar-refractivity contribution in [2.75, 3.05) is 26.3 Å². The van der Waals surface area contributed by atoms with Gasteiger partial charge in [0.05, 0.1) is 0 Å². The van der Waals surface area contributed by atoms with Gasteiger partial charge >= 0.3 is 6.18 Å². The first kappa shape index (κ1) is 14.8. The van der Waals surface area contributed by atoms with E-state index in [1.807, 2.05) is 0 Å². The third kappa shape index (κ3) is 8.44. The molecule has 1 saturated carbocycles. The molecule has 1 aliphatic carbocycles. The molecule has 0 bridgehead atoms. The lowest BCUT2D eigenvalue weighted by molar-refractivity contribution is -0.173. The maximum Gasteiger partial charge on any atom is 0.411 e.